The van der Waals surface area contributed by atoms with Crippen molar-refractivity contribution >= 4 is 40.8 Å². The molecule has 0 aromatic heterocycles. The third-order valence-corrected chi connectivity index (χ3v) is 1.99. The van der Waals surface area contributed by atoms with Gasteiger partial charge >= 0.3 is 5.97 Å². The van der Waals surface area contributed by atoms with Gasteiger partial charge in [-0.15, -0.1) is 0 Å². The Morgan fingerprint density at radius 3 is 2.08 bits per heavy atom. The number of carbonyl (C=O) groups excluding carboxylic acids is 1. The maximum Gasteiger partial charge on any atom is 0.308 e. The molecular formula is C8H5Cl3O2. The Labute approximate surface area is 90.3 Å². The lowest BCUT2D eigenvalue weighted by molar-refractivity contribution is -0.131. The number of benzene rings is 1. The number of esters is 1. The minimum atomic E-state index is -0.480. The van der Waals surface area contributed by atoms with Crippen molar-refractivity contribution in [2.24, 2.45) is 0 Å². The highest BCUT2D eigenvalue weighted by Gasteiger charge is 2.10. The van der Waals surface area contributed by atoms with Crippen molar-refractivity contribution in [3.05, 3.63) is 27.2 Å². The van der Waals surface area contributed by atoms with Crippen molar-refractivity contribution < 1.29 is 9.53 Å². The highest BCUT2D eigenvalue weighted by Crippen LogP contribution is 2.35. The van der Waals surface area contributed by atoms with Gasteiger partial charge in [-0.05, 0) is 12.1 Å². The first-order valence-corrected chi connectivity index (χ1v) is 4.47. The molecule has 0 saturated heterocycles. The smallest absolute Gasteiger partial charge is 0.308 e. The molecule has 0 spiro atoms. The summed E-state index contributed by atoms with van der Waals surface area (Å²) in [6.07, 6.45) is 0. The molecule has 0 unspecified atom stereocenters. The van der Waals surface area contributed by atoms with Gasteiger partial charge < -0.3 is 4.74 Å². The predicted molar refractivity (Wildman–Crippen MR) is 52.8 cm³/mol. The first-order valence-electron chi connectivity index (χ1n) is 3.33. The van der Waals surface area contributed by atoms with Crippen LogP contribution in [-0.4, -0.2) is 5.97 Å². The maximum atomic E-state index is 10.6. The SMILES string of the molecule is CC(=O)Oc1c(Cl)cc(Cl)cc1Cl. The lowest BCUT2D eigenvalue weighted by Crippen LogP contribution is -2.02. The molecule has 0 atom stereocenters. The Hall–Kier alpha value is -0.440. The first-order chi connectivity index (χ1) is 6.00. The molecule has 1 aromatic carbocycles. The van der Waals surface area contributed by atoms with Crippen LogP contribution in [0.25, 0.3) is 0 Å². The van der Waals surface area contributed by atoms with E-state index in [0.29, 0.717) is 5.02 Å². The van der Waals surface area contributed by atoms with Crippen molar-refractivity contribution in [2.45, 2.75) is 6.92 Å². The van der Waals surface area contributed by atoms with E-state index in [1.165, 1.54) is 19.1 Å². The lowest BCUT2D eigenvalue weighted by Gasteiger charge is -2.05. The van der Waals surface area contributed by atoms with Gasteiger partial charge in [-0.25, -0.2) is 0 Å². The highest BCUT2D eigenvalue weighted by atomic mass is 35.5. The summed E-state index contributed by atoms with van der Waals surface area (Å²) < 4.78 is 4.77. The molecule has 1 aromatic rings. The van der Waals surface area contributed by atoms with Gasteiger partial charge in [0.15, 0.2) is 5.75 Å². The summed E-state index contributed by atoms with van der Waals surface area (Å²) in [5.74, 6) is -0.341. The van der Waals surface area contributed by atoms with Gasteiger partial charge in [-0.1, -0.05) is 34.8 Å². The van der Waals surface area contributed by atoms with Gasteiger partial charge in [-0.3, -0.25) is 4.79 Å². The van der Waals surface area contributed by atoms with Crippen LogP contribution in [0.15, 0.2) is 12.1 Å². The standard InChI is InChI=1S/C8H5Cl3O2/c1-4(12)13-8-6(10)2-5(9)3-7(8)11/h2-3H,1H3. The van der Waals surface area contributed by atoms with E-state index in [2.05, 4.69) is 0 Å². The molecule has 0 saturated carbocycles. The molecule has 0 aliphatic carbocycles. The molecule has 1 rings (SSSR count). The minimum Gasteiger partial charge on any atom is -0.424 e. The third-order valence-electron chi connectivity index (χ3n) is 1.21. The molecule has 5 heteroatoms. The Morgan fingerprint density at radius 2 is 1.69 bits per heavy atom. The van der Waals surface area contributed by atoms with E-state index in [4.69, 9.17) is 39.5 Å². The number of carbonyl (C=O) groups is 1. The van der Waals surface area contributed by atoms with Crippen molar-refractivity contribution in [1.29, 1.82) is 0 Å². The Kier molecular flexibility index (Phi) is 3.42. The summed E-state index contributed by atoms with van der Waals surface area (Å²) >= 11 is 17.1. The van der Waals surface area contributed by atoms with Crippen LogP contribution >= 0.6 is 34.8 Å². The Bertz CT molecular complexity index is 326. The van der Waals surface area contributed by atoms with Crippen LogP contribution in [0.3, 0.4) is 0 Å². The van der Waals surface area contributed by atoms with Crippen LogP contribution in [0.2, 0.25) is 15.1 Å². The second kappa shape index (κ2) is 4.18. The van der Waals surface area contributed by atoms with Gasteiger partial charge in [0.2, 0.25) is 0 Å². The topological polar surface area (TPSA) is 26.3 Å². The molecule has 0 fully saturated rings. The average Bonchev–Trinajstić information content (AvgIpc) is 1.96. The van der Waals surface area contributed by atoms with E-state index in [-0.39, 0.29) is 15.8 Å². The maximum absolute atomic E-state index is 10.6. The number of ether oxygens (including phenoxy) is 1. The fraction of sp³-hybridized carbons (Fsp3) is 0.125. The Balaban J connectivity index is 3.13. The number of hydrogen-bond donors (Lipinski definition) is 0. The van der Waals surface area contributed by atoms with E-state index in [9.17, 15) is 4.79 Å². The van der Waals surface area contributed by atoms with Gasteiger partial charge in [0, 0.05) is 11.9 Å². The molecule has 0 aliphatic heterocycles. The summed E-state index contributed by atoms with van der Waals surface area (Å²) in [6, 6.07) is 2.90. The van der Waals surface area contributed by atoms with Gasteiger partial charge in [0.1, 0.15) is 0 Å². The van der Waals surface area contributed by atoms with Gasteiger partial charge in [-0.2, -0.15) is 0 Å². The van der Waals surface area contributed by atoms with E-state index in [1.807, 2.05) is 0 Å². The van der Waals surface area contributed by atoms with E-state index in [1.54, 1.807) is 0 Å². The molecule has 0 amide bonds. The summed E-state index contributed by atoms with van der Waals surface area (Å²) in [6.45, 7) is 1.27. The first kappa shape index (κ1) is 10.6. The van der Waals surface area contributed by atoms with E-state index in [0.717, 1.165) is 0 Å². The fourth-order valence-electron chi connectivity index (χ4n) is 0.770. The third kappa shape index (κ3) is 2.76. The van der Waals surface area contributed by atoms with Crippen LogP contribution in [0.1, 0.15) is 6.92 Å². The second-order valence-electron chi connectivity index (χ2n) is 2.29. The molecule has 0 aliphatic rings. The summed E-state index contributed by atoms with van der Waals surface area (Å²) in [4.78, 5) is 10.6. The van der Waals surface area contributed by atoms with Gasteiger partial charge in [0.25, 0.3) is 0 Å². The fourth-order valence-corrected chi connectivity index (χ4v) is 1.66. The van der Waals surface area contributed by atoms with Crippen molar-refractivity contribution in [3.63, 3.8) is 0 Å². The predicted octanol–water partition coefficient (Wildman–Crippen LogP) is 3.57. The quantitative estimate of drug-likeness (QED) is 0.553. The molecule has 70 valence electrons. The summed E-state index contributed by atoms with van der Waals surface area (Å²) in [5.41, 5.74) is 0. The molecule has 0 bridgehead atoms. The number of halogens is 3. The minimum absolute atomic E-state index is 0.139. The Morgan fingerprint density at radius 1 is 1.23 bits per heavy atom. The number of rotatable bonds is 1. The van der Waals surface area contributed by atoms with Crippen LogP contribution in [0.5, 0.6) is 5.75 Å². The normalized spacial score (nSPS) is 9.85. The number of hydrogen-bond acceptors (Lipinski definition) is 2. The van der Waals surface area contributed by atoms with E-state index < -0.39 is 5.97 Å². The molecule has 13 heavy (non-hydrogen) atoms. The highest BCUT2D eigenvalue weighted by molar-refractivity contribution is 6.40. The molecular weight excluding hydrogens is 234 g/mol. The van der Waals surface area contributed by atoms with Crippen LogP contribution in [0, 0.1) is 0 Å². The largest absolute Gasteiger partial charge is 0.424 e. The van der Waals surface area contributed by atoms with Crippen molar-refractivity contribution in [2.75, 3.05) is 0 Å². The zero-order valence-corrected chi connectivity index (χ0v) is 8.87. The van der Waals surface area contributed by atoms with Crippen molar-refractivity contribution in [3.8, 4) is 5.75 Å². The molecule has 2 nitrogen and oxygen atoms in total. The zero-order chi connectivity index (χ0) is 10.0. The monoisotopic (exact) mass is 238 g/mol. The molecule has 0 heterocycles. The average molecular weight is 239 g/mol. The van der Waals surface area contributed by atoms with Gasteiger partial charge in [0.05, 0.1) is 10.0 Å². The summed E-state index contributed by atoms with van der Waals surface area (Å²) in [5, 5.41) is 0.825. The van der Waals surface area contributed by atoms with Crippen LogP contribution in [-0.2, 0) is 4.79 Å². The summed E-state index contributed by atoms with van der Waals surface area (Å²) in [7, 11) is 0. The van der Waals surface area contributed by atoms with E-state index >= 15 is 0 Å². The second-order valence-corrected chi connectivity index (χ2v) is 3.54. The van der Waals surface area contributed by atoms with Crippen LogP contribution < -0.4 is 4.74 Å². The lowest BCUT2D eigenvalue weighted by atomic mass is 10.3. The van der Waals surface area contributed by atoms with Crippen LogP contribution in [0.4, 0.5) is 0 Å². The molecule has 0 N–H and O–H groups in total. The van der Waals surface area contributed by atoms with Crippen molar-refractivity contribution in [1.82, 2.24) is 0 Å². The zero-order valence-electron chi connectivity index (χ0n) is 6.61. The molecule has 0 radical (unpaired) electrons.